The number of fused-ring (bicyclic) bond motifs is 1. The van der Waals surface area contributed by atoms with Crippen LogP contribution in [-0.2, 0) is 23.0 Å². The van der Waals surface area contributed by atoms with Gasteiger partial charge in [-0.2, -0.15) is 0 Å². The normalized spacial score (nSPS) is 15.9. The fourth-order valence-corrected chi connectivity index (χ4v) is 6.27. The number of nitrogens with zero attached hydrogens (tertiary/aromatic N) is 3. The Morgan fingerprint density at radius 3 is 2.62 bits per heavy atom. The molecular weight excluding hydrogens is 519 g/mol. The average Bonchev–Trinajstić information content (AvgIpc) is 3.19. The maximum atomic E-state index is 14.4. The van der Waals surface area contributed by atoms with Crippen molar-refractivity contribution < 1.29 is 22.3 Å². The summed E-state index contributed by atoms with van der Waals surface area (Å²) in [6.07, 6.45) is 4.03. The molecule has 2 aliphatic heterocycles. The molecule has 2 aliphatic rings. The second-order valence-corrected chi connectivity index (χ2v) is 11.3. The van der Waals surface area contributed by atoms with Gasteiger partial charge in [0.1, 0.15) is 16.5 Å². The number of carbonyl (C=O) groups is 1. The van der Waals surface area contributed by atoms with E-state index in [-0.39, 0.29) is 16.6 Å². The standard InChI is InChI=1S/C29H31FN4O4S/c1-38-26-9-3-8-25(30)24(26)20-33-16-5-17-34(19-18-33)29(35)22-11-13-23(14-12-22)32-39(36,37)27-10-2-6-21-7-4-15-31-28(21)27/h2-3,6,8-15,32H,4-5,7,16-20H2,1H3. The van der Waals surface area contributed by atoms with Crippen LogP contribution >= 0.6 is 0 Å². The van der Waals surface area contributed by atoms with Crippen LogP contribution in [0.4, 0.5) is 15.8 Å². The van der Waals surface area contributed by atoms with Gasteiger partial charge in [-0.15, -0.1) is 0 Å². The molecule has 3 aromatic carbocycles. The van der Waals surface area contributed by atoms with Crippen molar-refractivity contribution in [2.75, 3.05) is 38.0 Å². The van der Waals surface area contributed by atoms with Gasteiger partial charge in [-0.25, -0.2) is 12.8 Å². The van der Waals surface area contributed by atoms with E-state index in [9.17, 15) is 17.6 Å². The minimum Gasteiger partial charge on any atom is -0.496 e. The van der Waals surface area contributed by atoms with Gasteiger partial charge in [0.25, 0.3) is 15.9 Å². The summed E-state index contributed by atoms with van der Waals surface area (Å²) in [4.78, 5) is 21.6. The molecule has 1 fully saturated rings. The molecule has 0 unspecified atom stereocenters. The molecule has 0 saturated carbocycles. The number of methoxy groups -OCH3 is 1. The van der Waals surface area contributed by atoms with Gasteiger partial charge < -0.3 is 9.64 Å². The van der Waals surface area contributed by atoms with Crippen LogP contribution in [-0.4, -0.2) is 63.6 Å². The van der Waals surface area contributed by atoms with Gasteiger partial charge >= 0.3 is 0 Å². The Hall–Kier alpha value is -3.76. The van der Waals surface area contributed by atoms with Crippen LogP contribution < -0.4 is 9.46 Å². The predicted octanol–water partition coefficient (Wildman–Crippen LogP) is 4.63. The third kappa shape index (κ3) is 5.97. The number of aryl methyl sites for hydroxylation is 1. The number of nitrogens with one attached hydrogen (secondary N) is 1. The number of carbonyl (C=O) groups excluding carboxylic acids is 1. The lowest BCUT2D eigenvalue weighted by atomic mass is 10.1. The molecule has 1 N–H and O–H groups in total. The van der Waals surface area contributed by atoms with E-state index in [1.807, 2.05) is 6.07 Å². The second-order valence-electron chi connectivity index (χ2n) is 9.64. The molecule has 0 radical (unpaired) electrons. The number of amides is 1. The van der Waals surface area contributed by atoms with E-state index in [4.69, 9.17) is 4.74 Å². The Kier molecular flexibility index (Phi) is 7.94. The van der Waals surface area contributed by atoms with Crippen molar-refractivity contribution in [3.63, 3.8) is 0 Å². The number of para-hydroxylation sites is 1. The minimum absolute atomic E-state index is 0.124. The summed E-state index contributed by atoms with van der Waals surface area (Å²) in [6, 6.07) is 16.4. The third-order valence-electron chi connectivity index (χ3n) is 7.07. The molecule has 204 valence electrons. The molecule has 1 saturated heterocycles. The number of ether oxygens (including phenoxy) is 1. The van der Waals surface area contributed by atoms with Crippen molar-refractivity contribution in [1.82, 2.24) is 9.80 Å². The van der Waals surface area contributed by atoms with E-state index in [2.05, 4.69) is 14.6 Å². The molecule has 10 heteroatoms. The first kappa shape index (κ1) is 26.8. The molecule has 3 aromatic rings. The number of hydrogen-bond acceptors (Lipinski definition) is 6. The summed E-state index contributed by atoms with van der Waals surface area (Å²) in [5, 5.41) is 0. The lowest BCUT2D eigenvalue weighted by molar-refractivity contribution is 0.0761. The zero-order chi connectivity index (χ0) is 27.4. The van der Waals surface area contributed by atoms with Crippen LogP contribution in [0.3, 0.4) is 0 Å². The maximum absolute atomic E-state index is 14.4. The molecule has 0 bridgehead atoms. The highest BCUT2D eigenvalue weighted by molar-refractivity contribution is 7.92. The number of halogens is 1. The number of sulfonamides is 1. The summed E-state index contributed by atoms with van der Waals surface area (Å²) in [5.41, 5.74) is 2.74. The molecule has 1 amide bonds. The monoisotopic (exact) mass is 550 g/mol. The van der Waals surface area contributed by atoms with E-state index in [1.165, 1.54) is 13.2 Å². The molecular formula is C29H31FN4O4S. The van der Waals surface area contributed by atoms with Gasteiger partial charge in [-0.1, -0.05) is 18.2 Å². The second kappa shape index (κ2) is 11.5. The van der Waals surface area contributed by atoms with Gasteiger partial charge in [-0.05, 0) is 67.3 Å². The molecule has 2 heterocycles. The molecule has 0 aromatic heterocycles. The number of aliphatic imine (C=N–C) groups is 1. The van der Waals surface area contributed by atoms with E-state index in [1.54, 1.807) is 59.6 Å². The van der Waals surface area contributed by atoms with Crippen molar-refractivity contribution in [2.45, 2.75) is 30.7 Å². The van der Waals surface area contributed by atoms with Crippen LogP contribution in [0.25, 0.3) is 0 Å². The first-order chi connectivity index (χ1) is 18.9. The smallest absolute Gasteiger partial charge is 0.264 e. The Morgan fingerprint density at radius 2 is 1.82 bits per heavy atom. The minimum atomic E-state index is -3.85. The molecule has 0 spiro atoms. The van der Waals surface area contributed by atoms with Crippen molar-refractivity contribution in [2.24, 2.45) is 4.99 Å². The van der Waals surface area contributed by atoms with Crippen LogP contribution in [0.2, 0.25) is 0 Å². The number of anilines is 1. The summed E-state index contributed by atoms with van der Waals surface area (Å²) in [7, 11) is -2.33. The predicted molar refractivity (Wildman–Crippen MR) is 149 cm³/mol. The lowest BCUT2D eigenvalue weighted by Gasteiger charge is -2.23. The SMILES string of the molecule is COc1cccc(F)c1CN1CCCN(C(=O)c2ccc(NS(=O)(=O)c3cccc4c3N=CCC4)cc2)CC1. The molecule has 8 nitrogen and oxygen atoms in total. The number of rotatable bonds is 7. The summed E-state index contributed by atoms with van der Waals surface area (Å²) < 4.78 is 48.6. The van der Waals surface area contributed by atoms with Crippen molar-refractivity contribution in [1.29, 1.82) is 0 Å². The van der Waals surface area contributed by atoms with Gasteiger partial charge in [0.15, 0.2) is 0 Å². The van der Waals surface area contributed by atoms with Crippen molar-refractivity contribution in [3.05, 3.63) is 83.2 Å². The van der Waals surface area contributed by atoms with Crippen LogP contribution in [0, 0.1) is 5.82 Å². The van der Waals surface area contributed by atoms with Crippen LogP contribution in [0.15, 0.2) is 70.6 Å². The maximum Gasteiger partial charge on any atom is 0.264 e. The fourth-order valence-electron chi connectivity index (χ4n) is 5.02. The van der Waals surface area contributed by atoms with Gasteiger partial charge in [0.05, 0.1) is 12.8 Å². The van der Waals surface area contributed by atoms with Crippen molar-refractivity contribution >= 4 is 33.5 Å². The van der Waals surface area contributed by atoms with Gasteiger partial charge in [0.2, 0.25) is 0 Å². The van der Waals surface area contributed by atoms with Crippen LogP contribution in [0.1, 0.15) is 34.3 Å². The molecule has 39 heavy (non-hydrogen) atoms. The summed E-state index contributed by atoms with van der Waals surface area (Å²) >= 11 is 0. The van der Waals surface area contributed by atoms with E-state index in [0.29, 0.717) is 54.4 Å². The molecule has 0 atom stereocenters. The van der Waals surface area contributed by atoms with Crippen molar-refractivity contribution in [3.8, 4) is 5.75 Å². The van der Waals surface area contributed by atoms with Gasteiger partial charge in [0, 0.05) is 55.8 Å². The zero-order valence-corrected chi connectivity index (χ0v) is 22.6. The quantitative estimate of drug-likeness (QED) is 0.463. The number of benzene rings is 3. The van der Waals surface area contributed by atoms with E-state index in [0.717, 1.165) is 31.4 Å². The third-order valence-corrected chi connectivity index (χ3v) is 8.49. The number of hydrogen-bond donors (Lipinski definition) is 1. The molecule has 5 rings (SSSR count). The van der Waals surface area contributed by atoms with E-state index >= 15 is 0 Å². The first-order valence-corrected chi connectivity index (χ1v) is 14.4. The Labute approximate surface area is 228 Å². The Bertz CT molecular complexity index is 1490. The first-order valence-electron chi connectivity index (χ1n) is 13.0. The molecule has 0 aliphatic carbocycles. The highest BCUT2D eigenvalue weighted by Crippen LogP contribution is 2.32. The fraction of sp³-hybridized carbons (Fsp3) is 0.310. The summed E-state index contributed by atoms with van der Waals surface area (Å²) in [6.45, 7) is 2.82. The highest BCUT2D eigenvalue weighted by Gasteiger charge is 2.24. The summed E-state index contributed by atoms with van der Waals surface area (Å²) in [5.74, 6) is 0.0890. The zero-order valence-electron chi connectivity index (χ0n) is 21.8. The van der Waals surface area contributed by atoms with Gasteiger partial charge in [-0.3, -0.25) is 19.4 Å². The Morgan fingerprint density at radius 1 is 1.03 bits per heavy atom. The highest BCUT2D eigenvalue weighted by atomic mass is 32.2. The average molecular weight is 551 g/mol. The van der Waals surface area contributed by atoms with E-state index < -0.39 is 10.0 Å². The Balaban J connectivity index is 1.23. The topological polar surface area (TPSA) is 91.3 Å². The lowest BCUT2D eigenvalue weighted by Crippen LogP contribution is -2.35. The van der Waals surface area contributed by atoms with Crippen LogP contribution in [0.5, 0.6) is 5.75 Å². The largest absolute Gasteiger partial charge is 0.496 e.